The summed E-state index contributed by atoms with van der Waals surface area (Å²) in [6, 6.07) is 16.6. The van der Waals surface area contributed by atoms with Crippen molar-refractivity contribution in [1.29, 1.82) is 0 Å². The van der Waals surface area contributed by atoms with Gasteiger partial charge in [-0.25, -0.2) is 4.68 Å². The summed E-state index contributed by atoms with van der Waals surface area (Å²) in [7, 11) is 0. The Kier molecular flexibility index (Phi) is 5.89. The van der Waals surface area contributed by atoms with Gasteiger partial charge in [0.25, 0.3) is 5.91 Å². The maximum Gasteiger partial charge on any atom is 0.255 e. The zero-order valence-corrected chi connectivity index (χ0v) is 16.3. The second kappa shape index (κ2) is 8.52. The molecule has 0 aliphatic rings. The number of aromatic nitrogens is 2. The fraction of sp³-hybridized carbons (Fsp3) is 0.227. The summed E-state index contributed by atoms with van der Waals surface area (Å²) < 4.78 is 1.82. The van der Waals surface area contributed by atoms with Crippen LogP contribution in [0.1, 0.15) is 41.5 Å². The van der Waals surface area contributed by atoms with Crippen LogP contribution in [0, 0.1) is 13.8 Å². The zero-order chi connectivity index (χ0) is 20.1. The maximum atomic E-state index is 12.7. The number of aryl methyl sites for hydroxylation is 1. The number of nitrogens with zero attached hydrogens (tertiary/aromatic N) is 2. The van der Waals surface area contributed by atoms with Crippen molar-refractivity contribution >= 4 is 23.2 Å². The van der Waals surface area contributed by atoms with E-state index in [1.807, 2.05) is 55.8 Å². The minimum absolute atomic E-state index is 0.0284. The fourth-order valence-electron chi connectivity index (χ4n) is 2.99. The highest BCUT2D eigenvalue weighted by atomic mass is 16.2. The molecule has 144 valence electrons. The first-order chi connectivity index (χ1) is 13.5. The monoisotopic (exact) mass is 376 g/mol. The van der Waals surface area contributed by atoms with E-state index in [0.717, 1.165) is 23.5 Å². The molecule has 0 radical (unpaired) electrons. The van der Waals surface area contributed by atoms with Gasteiger partial charge in [0.05, 0.1) is 22.8 Å². The third-order valence-electron chi connectivity index (χ3n) is 4.44. The summed E-state index contributed by atoms with van der Waals surface area (Å²) in [6.07, 6.45) is 1.27. The van der Waals surface area contributed by atoms with E-state index in [0.29, 0.717) is 23.4 Å². The Morgan fingerprint density at radius 2 is 1.64 bits per heavy atom. The largest absolute Gasteiger partial charge is 0.326 e. The van der Waals surface area contributed by atoms with E-state index >= 15 is 0 Å². The summed E-state index contributed by atoms with van der Waals surface area (Å²) in [6.45, 7) is 5.75. The Morgan fingerprint density at radius 1 is 0.964 bits per heavy atom. The molecule has 2 aromatic carbocycles. The van der Waals surface area contributed by atoms with Crippen LogP contribution in [0.4, 0.5) is 11.4 Å². The van der Waals surface area contributed by atoms with Gasteiger partial charge in [-0.2, -0.15) is 5.10 Å². The lowest BCUT2D eigenvalue weighted by Crippen LogP contribution is -2.14. The van der Waals surface area contributed by atoms with Crippen LogP contribution in [-0.4, -0.2) is 21.6 Å². The van der Waals surface area contributed by atoms with E-state index in [-0.39, 0.29) is 11.8 Å². The number of nitrogens with one attached hydrogen (secondary N) is 2. The Labute approximate surface area is 164 Å². The normalized spacial score (nSPS) is 10.5. The molecule has 0 saturated carbocycles. The van der Waals surface area contributed by atoms with Crippen LogP contribution >= 0.6 is 0 Å². The molecule has 0 fully saturated rings. The molecule has 0 unspecified atom stereocenters. The standard InChI is InChI=1S/C22H24N4O2/c1-4-8-20(27)23-18-13-11-17(12-14-18)22(28)24-21-15(2)25-26(16(21)3)19-9-6-5-7-10-19/h5-7,9-14H,4,8H2,1-3H3,(H,23,27)(H,24,28). The highest BCUT2D eigenvalue weighted by Gasteiger charge is 2.16. The SMILES string of the molecule is CCCC(=O)Nc1ccc(C(=O)Nc2c(C)nn(-c3ccccc3)c2C)cc1. The van der Waals surface area contributed by atoms with Crippen molar-refractivity contribution in [3.63, 3.8) is 0 Å². The van der Waals surface area contributed by atoms with Gasteiger partial charge in [-0.1, -0.05) is 25.1 Å². The second-order valence-corrected chi connectivity index (χ2v) is 6.62. The van der Waals surface area contributed by atoms with E-state index < -0.39 is 0 Å². The molecule has 6 nitrogen and oxygen atoms in total. The maximum absolute atomic E-state index is 12.7. The molecule has 0 spiro atoms. The molecule has 3 aromatic rings. The van der Waals surface area contributed by atoms with Gasteiger partial charge in [-0.15, -0.1) is 0 Å². The first kappa shape index (κ1) is 19.4. The van der Waals surface area contributed by atoms with E-state index in [9.17, 15) is 9.59 Å². The average Bonchev–Trinajstić information content (AvgIpc) is 2.97. The van der Waals surface area contributed by atoms with Gasteiger partial charge in [-0.05, 0) is 56.7 Å². The second-order valence-electron chi connectivity index (χ2n) is 6.62. The number of benzene rings is 2. The number of hydrogen-bond acceptors (Lipinski definition) is 3. The van der Waals surface area contributed by atoms with Gasteiger partial charge >= 0.3 is 0 Å². The first-order valence-electron chi connectivity index (χ1n) is 9.32. The number of amides is 2. The summed E-state index contributed by atoms with van der Waals surface area (Å²) in [5.41, 5.74) is 4.45. The lowest BCUT2D eigenvalue weighted by atomic mass is 10.1. The number of hydrogen-bond donors (Lipinski definition) is 2. The molecule has 0 aliphatic carbocycles. The Balaban J connectivity index is 1.75. The highest BCUT2D eigenvalue weighted by Crippen LogP contribution is 2.23. The molecule has 1 heterocycles. The predicted molar refractivity (Wildman–Crippen MR) is 111 cm³/mol. The molecule has 3 rings (SSSR count). The van der Waals surface area contributed by atoms with Crippen LogP contribution in [0.5, 0.6) is 0 Å². The number of rotatable bonds is 6. The molecule has 0 saturated heterocycles. The number of carbonyl (C=O) groups excluding carboxylic acids is 2. The Bertz CT molecular complexity index is 976. The fourth-order valence-corrected chi connectivity index (χ4v) is 2.99. The van der Waals surface area contributed by atoms with Gasteiger partial charge in [0.1, 0.15) is 0 Å². The highest BCUT2D eigenvalue weighted by molar-refractivity contribution is 6.05. The summed E-state index contributed by atoms with van der Waals surface area (Å²) in [5.74, 6) is -0.246. The van der Waals surface area contributed by atoms with Crippen LogP contribution in [-0.2, 0) is 4.79 Å². The number of para-hydroxylation sites is 1. The van der Waals surface area contributed by atoms with E-state index in [2.05, 4.69) is 15.7 Å². The molecular formula is C22H24N4O2. The smallest absolute Gasteiger partial charge is 0.255 e. The minimum atomic E-state index is -0.217. The summed E-state index contributed by atoms with van der Waals surface area (Å²) >= 11 is 0. The molecule has 6 heteroatoms. The van der Waals surface area contributed by atoms with E-state index in [1.54, 1.807) is 24.3 Å². The average molecular weight is 376 g/mol. The Hall–Kier alpha value is -3.41. The topological polar surface area (TPSA) is 76.0 Å². The molecule has 28 heavy (non-hydrogen) atoms. The molecule has 0 atom stereocenters. The van der Waals surface area contributed by atoms with Crippen molar-refractivity contribution < 1.29 is 9.59 Å². The molecule has 2 N–H and O–H groups in total. The Morgan fingerprint density at radius 3 is 2.29 bits per heavy atom. The summed E-state index contributed by atoms with van der Waals surface area (Å²) in [5, 5.41) is 10.3. The van der Waals surface area contributed by atoms with Gasteiger partial charge in [-0.3, -0.25) is 9.59 Å². The third kappa shape index (κ3) is 4.28. The van der Waals surface area contributed by atoms with Crippen LogP contribution in [0.3, 0.4) is 0 Å². The van der Waals surface area contributed by atoms with Crippen molar-refractivity contribution in [3.05, 3.63) is 71.5 Å². The first-order valence-corrected chi connectivity index (χ1v) is 9.32. The van der Waals surface area contributed by atoms with Crippen LogP contribution in [0.2, 0.25) is 0 Å². The van der Waals surface area contributed by atoms with Crippen molar-refractivity contribution in [2.75, 3.05) is 10.6 Å². The van der Waals surface area contributed by atoms with Crippen LogP contribution in [0.15, 0.2) is 54.6 Å². The van der Waals surface area contributed by atoms with E-state index in [1.165, 1.54) is 0 Å². The molecule has 1 aromatic heterocycles. The van der Waals surface area contributed by atoms with Crippen molar-refractivity contribution in [3.8, 4) is 5.69 Å². The van der Waals surface area contributed by atoms with Gasteiger partial charge < -0.3 is 10.6 Å². The number of carbonyl (C=O) groups is 2. The lowest BCUT2D eigenvalue weighted by molar-refractivity contribution is -0.116. The molecular weight excluding hydrogens is 352 g/mol. The van der Waals surface area contributed by atoms with Gasteiger partial charge in [0.2, 0.25) is 5.91 Å². The lowest BCUT2D eigenvalue weighted by Gasteiger charge is -2.08. The van der Waals surface area contributed by atoms with Crippen LogP contribution < -0.4 is 10.6 Å². The zero-order valence-electron chi connectivity index (χ0n) is 16.3. The quantitative estimate of drug-likeness (QED) is 0.666. The molecule has 0 aliphatic heterocycles. The molecule has 2 amide bonds. The van der Waals surface area contributed by atoms with E-state index in [4.69, 9.17) is 0 Å². The minimum Gasteiger partial charge on any atom is -0.326 e. The van der Waals surface area contributed by atoms with Crippen LogP contribution in [0.25, 0.3) is 5.69 Å². The predicted octanol–water partition coefficient (Wildman–Crippen LogP) is 4.48. The van der Waals surface area contributed by atoms with Crippen molar-refractivity contribution in [2.24, 2.45) is 0 Å². The molecule has 0 bridgehead atoms. The van der Waals surface area contributed by atoms with Crippen molar-refractivity contribution in [2.45, 2.75) is 33.6 Å². The van der Waals surface area contributed by atoms with Gasteiger partial charge in [0.15, 0.2) is 0 Å². The van der Waals surface area contributed by atoms with Gasteiger partial charge in [0, 0.05) is 17.7 Å². The third-order valence-corrected chi connectivity index (χ3v) is 4.44. The number of anilines is 2. The summed E-state index contributed by atoms with van der Waals surface area (Å²) in [4.78, 5) is 24.3. The van der Waals surface area contributed by atoms with Crippen molar-refractivity contribution in [1.82, 2.24) is 9.78 Å².